The van der Waals surface area contributed by atoms with Crippen LogP contribution in [0.25, 0.3) is 0 Å². The Bertz CT molecular complexity index is 465. The minimum atomic E-state index is 0.144. The molecule has 1 aromatic carbocycles. The Kier molecular flexibility index (Phi) is 5.73. The van der Waals surface area contributed by atoms with Gasteiger partial charge in [0.15, 0.2) is 0 Å². The molecule has 21 heavy (non-hydrogen) atoms. The molecule has 3 heteroatoms. The van der Waals surface area contributed by atoms with Crippen LogP contribution in [0.3, 0.4) is 0 Å². The standard InChI is InChI=1S/C18H29BrN2/c1-5-16-8-6-7-11-21(16)17-10-9-15(19)12-14(17)13-20-18(2,3)4/h9-10,12,16,20H,5-8,11,13H2,1-4H3. The Balaban J connectivity index is 2.25. The van der Waals surface area contributed by atoms with Crippen molar-refractivity contribution in [3.63, 3.8) is 0 Å². The van der Waals surface area contributed by atoms with Gasteiger partial charge in [-0.3, -0.25) is 0 Å². The van der Waals surface area contributed by atoms with E-state index in [0.717, 1.165) is 6.54 Å². The molecule has 1 unspecified atom stereocenters. The Labute approximate surface area is 138 Å². The van der Waals surface area contributed by atoms with Crippen LogP contribution < -0.4 is 10.2 Å². The lowest BCUT2D eigenvalue weighted by atomic mass is 9.97. The van der Waals surface area contributed by atoms with Gasteiger partial charge < -0.3 is 10.2 Å². The average Bonchev–Trinajstić information content (AvgIpc) is 2.44. The Morgan fingerprint density at radius 2 is 2.05 bits per heavy atom. The number of nitrogens with one attached hydrogen (secondary N) is 1. The zero-order valence-electron chi connectivity index (χ0n) is 13.9. The van der Waals surface area contributed by atoms with Crippen LogP contribution in [0, 0.1) is 0 Å². The summed E-state index contributed by atoms with van der Waals surface area (Å²) in [6.45, 7) is 11.1. The summed E-state index contributed by atoms with van der Waals surface area (Å²) in [6, 6.07) is 7.44. The lowest BCUT2D eigenvalue weighted by Gasteiger charge is -2.38. The summed E-state index contributed by atoms with van der Waals surface area (Å²) in [5, 5.41) is 3.63. The van der Waals surface area contributed by atoms with E-state index in [9.17, 15) is 0 Å². The van der Waals surface area contributed by atoms with Gasteiger partial charge >= 0.3 is 0 Å². The zero-order valence-corrected chi connectivity index (χ0v) is 15.5. The van der Waals surface area contributed by atoms with Crippen LogP contribution >= 0.6 is 15.9 Å². The molecular weight excluding hydrogens is 324 g/mol. The number of benzene rings is 1. The van der Waals surface area contributed by atoms with E-state index in [2.05, 4.69) is 72.0 Å². The lowest BCUT2D eigenvalue weighted by Crippen LogP contribution is -2.40. The summed E-state index contributed by atoms with van der Waals surface area (Å²) in [5.41, 5.74) is 2.96. The van der Waals surface area contributed by atoms with Crippen molar-refractivity contribution in [2.75, 3.05) is 11.4 Å². The van der Waals surface area contributed by atoms with Crippen molar-refractivity contribution in [3.8, 4) is 0 Å². The molecule has 0 aromatic heterocycles. The van der Waals surface area contributed by atoms with Crippen molar-refractivity contribution < 1.29 is 0 Å². The molecule has 1 fully saturated rings. The van der Waals surface area contributed by atoms with E-state index in [1.807, 2.05) is 0 Å². The molecule has 1 aliphatic rings. The van der Waals surface area contributed by atoms with Crippen molar-refractivity contribution in [1.29, 1.82) is 0 Å². The third kappa shape index (κ3) is 4.72. The second kappa shape index (κ2) is 7.15. The molecule has 1 aromatic rings. The van der Waals surface area contributed by atoms with E-state index in [0.29, 0.717) is 6.04 Å². The van der Waals surface area contributed by atoms with Gasteiger partial charge in [-0.1, -0.05) is 22.9 Å². The molecule has 2 rings (SSSR count). The minimum absolute atomic E-state index is 0.144. The number of nitrogens with zero attached hydrogens (tertiary/aromatic N) is 1. The number of rotatable bonds is 4. The maximum atomic E-state index is 3.63. The first-order chi connectivity index (χ1) is 9.90. The maximum Gasteiger partial charge on any atom is 0.0415 e. The zero-order chi connectivity index (χ0) is 15.5. The fraction of sp³-hybridized carbons (Fsp3) is 0.667. The highest BCUT2D eigenvalue weighted by molar-refractivity contribution is 9.10. The van der Waals surface area contributed by atoms with Gasteiger partial charge in [0.25, 0.3) is 0 Å². The van der Waals surface area contributed by atoms with Crippen molar-refractivity contribution in [2.24, 2.45) is 0 Å². The molecule has 0 amide bonds. The summed E-state index contributed by atoms with van der Waals surface area (Å²) in [6.07, 6.45) is 5.26. The fourth-order valence-electron chi connectivity index (χ4n) is 3.08. The van der Waals surface area contributed by atoms with Gasteiger partial charge in [-0.2, -0.15) is 0 Å². The average molecular weight is 353 g/mol. The van der Waals surface area contributed by atoms with E-state index in [1.165, 1.54) is 48.0 Å². The summed E-state index contributed by atoms with van der Waals surface area (Å²) < 4.78 is 1.17. The topological polar surface area (TPSA) is 15.3 Å². The van der Waals surface area contributed by atoms with E-state index in [-0.39, 0.29) is 5.54 Å². The van der Waals surface area contributed by atoms with Gasteiger partial charge in [-0.05, 0) is 70.2 Å². The molecule has 2 nitrogen and oxygen atoms in total. The highest BCUT2D eigenvalue weighted by atomic mass is 79.9. The van der Waals surface area contributed by atoms with E-state index in [4.69, 9.17) is 0 Å². The molecule has 1 N–H and O–H groups in total. The second-order valence-electron chi connectivity index (χ2n) is 7.13. The predicted molar refractivity (Wildman–Crippen MR) is 96.0 cm³/mol. The third-order valence-electron chi connectivity index (χ3n) is 4.26. The molecule has 1 aliphatic heterocycles. The van der Waals surface area contributed by atoms with Crippen LogP contribution in [-0.4, -0.2) is 18.1 Å². The van der Waals surface area contributed by atoms with Crippen molar-refractivity contribution in [1.82, 2.24) is 5.32 Å². The highest BCUT2D eigenvalue weighted by Crippen LogP contribution is 2.31. The molecule has 118 valence electrons. The molecule has 1 atom stereocenters. The largest absolute Gasteiger partial charge is 0.368 e. The molecule has 1 saturated heterocycles. The quantitative estimate of drug-likeness (QED) is 0.810. The molecule has 0 radical (unpaired) electrons. The molecule has 0 aliphatic carbocycles. The van der Waals surface area contributed by atoms with Crippen LogP contribution in [0.1, 0.15) is 58.9 Å². The Morgan fingerprint density at radius 1 is 1.29 bits per heavy atom. The Morgan fingerprint density at radius 3 is 2.71 bits per heavy atom. The maximum absolute atomic E-state index is 3.63. The van der Waals surface area contributed by atoms with Gasteiger partial charge in [0.05, 0.1) is 0 Å². The van der Waals surface area contributed by atoms with E-state index < -0.39 is 0 Å². The molecule has 0 bridgehead atoms. The summed E-state index contributed by atoms with van der Waals surface area (Å²) in [7, 11) is 0. The summed E-state index contributed by atoms with van der Waals surface area (Å²) >= 11 is 3.63. The summed E-state index contributed by atoms with van der Waals surface area (Å²) in [4.78, 5) is 2.63. The van der Waals surface area contributed by atoms with Crippen molar-refractivity contribution in [2.45, 2.75) is 71.5 Å². The van der Waals surface area contributed by atoms with Gasteiger partial charge in [0.1, 0.15) is 0 Å². The third-order valence-corrected chi connectivity index (χ3v) is 4.75. The number of hydrogen-bond acceptors (Lipinski definition) is 2. The van der Waals surface area contributed by atoms with Gasteiger partial charge in [-0.25, -0.2) is 0 Å². The highest BCUT2D eigenvalue weighted by Gasteiger charge is 2.23. The van der Waals surface area contributed by atoms with Crippen LogP contribution in [-0.2, 0) is 6.54 Å². The van der Waals surface area contributed by atoms with Crippen LogP contribution in [0.5, 0.6) is 0 Å². The fourth-order valence-corrected chi connectivity index (χ4v) is 3.49. The monoisotopic (exact) mass is 352 g/mol. The Hall–Kier alpha value is -0.540. The van der Waals surface area contributed by atoms with Crippen LogP contribution in [0.15, 0.2) is 22.7 Å². The molecule has 1 heterocycles. The predicted octanol–water partition coefficient (Wildman–Crippen LogP) is 5.11. The van der Waals surface area contributed by atoms with E-state index >= 15 is 0 Å². The first kappa shape index (κ1) is 16.8. The second-order valence-corrected chi connectivity index (χ2v) is 8.04. The molecule has 0 spiro atoms. The molecular formula is C18H29BrN2. The van der Waals surface area contributed by atoms with Gasteiger partial charge in [0, 0.05) is 34.8 Å². The molecule has 0 saturated carbocycles. The minimum Gasteiger partial charge on any atom is -0.368 e. The van der Waals surface area contributed by atoms with Crippen molar-refractivity contribution in [3.05, 3.63) is 28.2 Å². The number of hydrogen-bond donors (Lipinski definition) is 1. The van der Waals surface area contributed by atoms with Crippen LogP contribution in [0.2, 0.25) is 0 Å². The lowest BCUT2D eigenvalue weighted by molar-refractivity contribution is 0.420. The van der Waals surface area contributed by atoms with Gasteiger partial charge in [-0.15, -0.1) is 0 Å². The smallest absolute Gasteiger partial charge is 0.0415 e. The van der Waals surface area contributed by atoms with Crippen molar-refractivity contribution >= 4 is 21.6 Å². The number of piperidine rings is 1. The van der Waals surface area contributed by atoms with Crippen LogP contribution in [0.4, 0.5) is 5.69 Å². The van der Waals surface area contributed by atoms with Gasteiger partial charge in [0.2, 0.25) is 0 Å². The number of halogens is 1. The summed E-state index contributed by atoms with van der Waals surface area (Å²) in [5.74, 6) is 0. The SMILES string of the molecule is CCC1CCCCN1c1ccc(Br)cc1CNC(C)(C)C. The number of anilines is 1. The first-order valence-corrected chi connectivity index (χ1v) is 9.00. The normalized spacial score (nSPS) is 19.9. The van der Waals surface area contributed by atoms with E-state index in [1.54, 1.807) is 0 Å². The first-order valence-electron chi connectivity index (χ1n) is 8.21.